The number of nitrogens with zero attached hydrogens (tertiary/aromatic N) is 1. The van der Waals surface area contributed by atoms with Gasteiger partial charge in [0.25, 0.3) is 0 Å². The zero-order valence-corrected chi connectivity index (χ0v) is 10.5. The van der Waals surface area contributed by atoms with Gasteiger partial charge >= 0.3 is 17.6 Å². The van der Waals surface area contributed by atoms with Crippen LogP contribution in [0.4, 0.5) is 5.69 Å². The zero-order chi connectivity index (χ0) is 14.7. The Bertz CT molecular complexity index is 569. The lowest BCUT2D eigenvalue weighted by Crippen LogP contribution is -2.22. The molecule has 1 aromatic carbocycles. The number of esters is 2. The Morgan fingerprint density at radius 1 is 1.50 bits per heavy atom. The summed E-state index contributed by atoms with van der Waals surface area (Å²) >= 11 is 0. The number of cyclic esters (lactones) is 1. The van der Waals surface area contributed by atoms with Crippen molar-refractivity contribution >= 4 is 17.6 Å². The van der Waals surface area contributed by atoms with Crippen LogP contribution in [0.3, 0.4) is 0 Å². The van der Waals surface area contributed by atoms with E-state index < -0.39 is 28.7 Å². The van der Waals surface area contributed by atoms with E-state index in [1.54, 1.807) is 0 Å². The standard InChI is InChI=1S/C12H11NO7/c1-18-11(14)7-2-3-9(8(6-7)13(16)17)20-10-4-5-19-12(10)15/h2-3,6,10H,4-5H2,1H3. The van der Waals surface area contributed by atoms with E-state index in [9.17, 15) is 19.7 Å². The van der Waals surface area contributed by atoms with E-state index in [4.69, 9.17) is 9.47 Å². The second-order valence-electron chi connectivity index (χ2n) is 3.99. The molecule has 1 fully saturated rings. The number of benzene rings is 1. The summed E-state index contributed by atoms with van der Waals surface area (Å²) in [4.78, 5) is 32.9. The molecular weight excluding hydrogens is 270 g/mol. The van der Waals surface area contributed by atoms with Crippen molar-refractivity contribution in [3.8, 4) is 5.75 Å². The van der Waals surface area contributed by atoms with Crippen LogP contribution in [0.15, 0.2) is 18.2 Å². The van der Waals surface area contributed by atoms with Gasteiger partial charge in [-0.2, -0.15) is 0 Å². The lowest BCUT2D eigenvalue weighted by atomic mass is 10.2. The average Bonchev–Trinajstić information content (AvgIpc) is 2.83. The third-order valence-corrected chi connectivity index (χ3v) is 2.73. The molecule has 8 nitrogen and oxygen atoms in total. The van der Waals surface area contributed by atoms with E-state index in [0.29, 0.717) is 6.42 Å². The van der Waals surface area contributed by atoms with Crippen LogP contribution in [0.5, 0.6) is 5.75 Å². The van der Waals surface area contributed by atoms with Crippen molar-refractivity contribution in [2.24, 2.45) is 0 Å². The second kappa shape index (κ2) is 5.55. The highest BCUT2D eigenvalue weighted by atomic mass is 16.6. The maximum Gasteiger partial charge on any atom is 0.347 e. The van der Waals surface area contributed by atoms with Gasteiger partial charge < -0.3 is 14.2 Å². The molecule has 1 saturated heterocycles. The minimum absolute atomic E-state index is 0.0283. The summed E-state index contributed by atoms with van der Waals surface area (Å²) < 4.78 is 14.5. The normalized spacial score (nSPS) is 17.4. The summed E-state index contributed by atoms with van der Waals surface area (Å²) in [7, 11) is 1.17. The summed E-state index contributed by atoms with van der Waals surface area (Å²) in [5.41, 5.74) is -0.381. The van der Waals surface area contributed by atoms with Gasteiger partial charge in [0.05, 0.1) is 24.2 Å². The van der Waals surface area contributed by atoms with E-state index in [1.807, 2.05) is 0 Å². The Morgan fingerprint density at radius 2 is 2.25 bits per heavy atom. The first kappa shape index (κ1) is 13.8. The molecule has 8 heteroatoms. The maximum absolute atomic E-state index is 11.3. The number of rotatable bonds is 4. The molecule has 0 bridgehead atoms. The van der Waals surface area contributed by atoms with Crippen LogP contribution >= 0.6 is 0 Å². The molecule has 1 heterocycles. The van der Waals surface area contributed by atoms with Gasteiger partial charge in [0.2, 0.25) is 0 Å². The van der Waals surface area contributed by atoms with Crippen LogP contribution in [0.2, 0.25) is 0 Å². The van der Waals surface area contributed by atoms with Crippen LogP contribution in [0.1, 0.15) is 16.8 Å². The minimum atomic E-state index is -0.863. The van der Waals surface area contributed by atoms with Gasteiger partial charge in [-0.1, -0.05) is 0 Å². The number of nitro benzene ring substituents is 1. The van der Waals surface area contributed by atoms with Crippen LogP contribution in [-0.2, 0) is 14.3 Å². The zero-order valence-electron chi connectivity index (χ0n) is 10.5. The fourth-order valence-electron chi connectivity index (χ4n) is 1.74. The number of carbonyl (C=O) groups is 2. The molecule has 1 aliphatic rings. The lowest BCUT2D eigenvalue weighted by Gasteiger charge is -2.10. The molecule has 0 amide bonds. The molecule has 0 N–H and O–H groups in total. The SMILES string of the molecule is COC(=O)c1ccc(OC2CCOC2=O)c([N+](=O)[O-])c1. The Hall–Kier alpha value is -2.64. The number of nitro groups is 1. The number of methoxy groups -OCH3 is 1. The summed E-state index contributed by atoms with van der Waals surface area (Å²) in [5, 5.41) is 11.0. The van der Waals surface area contributed by atoms with Gasteiger partial charge in [-0.15, -0.1) is 0 Å². The summed E-state index contributed by atoms with van der Waals surface area (Å²) in [5.74, 6) is -1.34. The van der Waals surface area contributed by atoms with Crippen LogP contribution in [0, 0.1) is 10.1 Å². The number of hydrogen-bond acceptors (Lipinski definition) is 7. The number of carbonyl (C=O) groups excluding carboxylic acids is 2. The third kappa shape index (κ3) is 2.68. The lowest BCUT2D eigenvalue weighted by molar-refractivity contribution is -0.386. The van der Waals surface area contributed by atoms with E-state index in [0.717, 1.165) is 6.07 Å². The van der Waals surface area contributed by atoms with Gasteiger partial charge in [-0.25, -0.2) is 9.59 Å². The molecule has 1 atom stereocenters. The Morgan fingerprint density at radius 3 is 2.80 bits per heavy atom. The van der Waals surface area contributed by atoms with E-state index in [1.165, 1.54) is 19.2 Å². The number of ether oxygens (including phenoxy) is 3. The van der Waals surface area contributed by atoms with Crippen molar-refractivity contribution in [1.82, 2.24) is 0 Å². The van der Waals surface area contributed by atoms with Crippen molar-refractivity contribution in [1.29, 1.82) is 0 Å². The smallest absolute Gasteiger partial charge is 0.347 e. The van der Waals surface area contributed by atoms with Crippen molar-refractivity contribution in [2.75, 3.05) is 13.7 Å². The van der Waals surface area contributed by atoms with Crippen LogP contribution < -0.4 is 4.74 Å². The first-order valence-electron chi connectivity index (χ1n) is 5.73. The van der Waals surface area contributed by atoms with E-state index >= 15 is 0 Å². The molecule has 0 spiro atoms. The van der Waals surface area contributed by atoms with Gasteiger partial charge in [0, 0.05) is 12.5 Å². The molecule has 0 aliphatic carbocycles. The monoisotopic (exact) mass is 281 g/mol. The highest BCUT2D eigenvalue weighted by Gasteiger charge is 2.31. The first-order valence-corrected chi connectivity index (χ1v) is 5.73. The van der Waals surface area contributed by atoms with Crippen molar-refractivity contribution < 1.29 is 28.7 Å². The van der Waals surface area contributed by atoms with Crippen molar-refractivity contribution in [3.63, 3.8) is 0 Å². The minimum Gasteiger partial charge on any atom is -0.471 e. The molecule has 0 saturated carbocycles. The highest BCUT2D eigenvalue weighted by Crippen LogP contribution is 2.30. The summed E-state index contributed by atoms with van der Waals surface area (Å²) in [6.07, 6.45) is -0.535. The molecule has 0 radical (unpaired) electrons. The van der Waals surface area contributed by atoms with Crippen LogP contribution in [-0.4, -0.2) is 36.7 Å². The van der Waals surface area contributed by atoms with E-state index in [2.05, 4.69) is 4.74 Å². The van der Waals surface area contributed by atoms with Crippen molar-refractivity contribution in [3.05, 3.63) is 33.9 Å². The molecule has 1 aliphatic heterocycles. The molecule has 2 rings (SSSR count). The van der Waals surface area contributed by atoms with Gasteiger partial charge in [-0.05, 0) is 12.1 Å². The quantitative estimate of drug-likeness (QED) is 0.461. The fraction of sp³-hybridized carbons (Fsp3) is 0.333. The predicted molar refractivity (Wildman–Crippen MR) is 64.4 cm³/mol. The van der Waals surface area contributed by atoms with Gasteiger partial charge in [0.1, 0.15) is 0 Å². The van der Waals surface area contributed by atoms with Gasteiger partial charge in [0.15, 0.2) is 11.9 Å². The molecule has 1 unspecified atom stereocenters. The van der Waals surface area contributed by atoms with Crippen LogP contribution in [0.25, 0.3) is 0 Å². The molecular formula is C12H11NO7. The first-order chi connectivity index (χ1) is 9.52. The molecule has 1 aromatic rings. The summed E-state index contributed by atoms with van der Waals surface area (Å²) in [6.45, 7) is 0.220. The van der Waals surface area contributed by atoms with E-state index in [-0.39, 0.29) is 17.9 Å². The number of hydrogen-bond donors (Lipinski definition) is 0. The second-order valence-corrected chi connectivity index (χ2v) is 3.99. The maximum atomic E-state index is 11.3. The van der Waals surface area contributed by atoms with Gasteiger partial charge in [-0.3, -0.25) is 10.1 Å². The summed E-state index contributed by atoms with van der Waals surface area (Å²) in [6, 6.07) is 3.63. The largest absolute Gasteiger partial charge is 0.471 e. The Labute approximate surface area is 113 Å². The molecule has 20 heavy (non-hydrogen) atoms. The average molecular weight is 281 g/mol. The Kier molecular flexibility index (Phi) is 3.83. The molecule has 106 valence electrons. The fourth-order valence-corrected chi connectivity index (χ4v) is 1.74. The topological polar surface area (TPSA) is 105 Å². The highest BCUT2D eigenvalue weighted by molar-refractivity contribution is 5.90. The van der Waals surface area contributed by atoms with Crippen molar-refractivity contribution in [2.45, 2.75) is 12.5 Å². The predicted octanol–water partition coefficient (Wildman–Crippen LogP) is 1.08. The Balaban J connectivity index is 2.30. The third-order valence-electron chi connectivity index (χ3n) is 2.73. The molecule has 0 aromatic heterocycles.